The van der Waals surface area contributed by atoms with E-state index in [0.717, 1.165) is 11.3 Å². The first-order valence-electron chi connectivity index (χ1n) is 8.14. The highest BCUT2D eigenvalue weighted by molar-refractivity contribution is 7.89. The third-order valence-corrected chi connectivity index (χ3v) is 7.53. The average molecular weight is 389 g/mol. The number of thiazole rings is 1. The van der Waals surface area contributed by atoms with Gasteiger partial charge in [0.2, 0.25) is 15.9 Å². The molecule has 0 bridgehead atoms. The van der Waals surface area contributed by atoms with Gasteiger partial charge in [-0.15, -0.1) is 11.3 Å². The number of carboxylic acid groups (broad SMARTS) is 1. The molecule has 8 nitrogen and oxygen atoms in total. The van der Waals surface area contributed by atoms with Crippen LogP contribution in [0.15, 0.2) is 0 Å². The van der Waals surface area contributed by atoms with Crippen LogP contribution in [-0.2, 0) is 14.8 Å². The molecule has 25 heavy (non-hydrogen) atoms. The summed E-state index contributed by atoms with van der Waals surface area (Å²) in [7, 11) is -3.21. The zero-order chi connectivity index (χ0) is 18.8. The third kappa shape index (κ3) is 4.56. The van der Waals surface area contributed by atoms with E-state index in [4.69, 9.17) is 5.11 Å². The van der Waals surface area contributed by atoms with Crippen molar-refractivity contribution < 1.29 is 23.1 Å². The topological polar surface area (TPSA) is 117 Å². The van der Waals surface area contributed by atoms with Crippen molar-refractivity contribution >= 4 is 33.2 Å². The van der Waals surface area contributed by atoms with E-state index in [1.54, 1.807) is 20.8 Å². The van der Waals surface area contributed by atoms with E-state index in [1.165, 1.54) is 4.31 Å². The number of carboxylic acids is 1. The minimum Gasteiger partial charge on any atom is -0.477 e. The van der Waals surface area contributed by atoms with Crippen molar-refractivity contribution in [3.63, 3.8) is 0 Å². The lowest BCUT2D eigenvalue weighted by Gasteiger charge is -2.30. The molecule has 0 radical (unpaired) electrons. The normalized spacial score (nSPS) is 18.0. The second-order valence-corrected chi connectivity index (χ2v) is 9.36. The zero-order valence-corrected chi connectivity index (χ0v) is 16.1. The molecule has 0 aromatic carbocycles. The Bertz CT molecular complexity index is 751. The molecule has 10 heteroatoms. The summed E-state index contributed by atoms with van der Waals surface area (Å²) in [4.78, 5) is 27.9. The lowest BCUT2D eigenvalue weighted by atomic mass is 9.97. The van der Waals surface area contributed by atoms with Gasteiger partial charge in [0.1, 0.15) is 9.88 Å². The first-order valence-corrected chi connectivity index (χ1v) is 10.6. The second kappa shape index (κ2) is 7.79. The maximum Gasteiger partial charge on any atom is 0.347 e. The molecule has 1 unspecified atom stereocenters. The van der Waals surface area contributed by atoms with E-state index >= 15 is 0 Å². The maximum atomic E-state index is 12.4. The molecule has 0 aliphatic carbocycles. The summed E-state index contributed by atoms with van der Waals surface area (Å²) in [5.74, 6) is -1.35. The molecule has 1 aliphatic heterocycles. The van der Waals surface area contributed by atoms with Gasteiger partial charge in [-0.1, -0.05) is 0 Å². The highest BCUT2D eigenvalue weighted by Gasteiger charge is 2.31. The van der Waals surface area contributed by atoms with Crippen molar-refractivity contribution in [2.24, 2.45) is 5.92 Å². The predicted molar refractivity (Wildman–Crippen MR) is 94.1 cm³/mol. The number of carbonyl (C=O) groups excluding carboxylic acids is 1. The number of aromatic nitrogens is 1. The number of hydrogen-bond donors (Lipinski definition) is 2. The number of amides is 1. The molecule has 2 heterocycles. The van der Waals surface area contributed by atoms with Gasteiger partial charge in [0.15, 0.2) is 0 Å². The summed E-state index contributed by atoms with van der Waals surface area (Å²) in [6.45, 7) is 5.70. The van der Waals surface area contributed by atoms with Gasteiger partial charge < -0.3 is 10.4 Å². The van der Waals surface area contributed by atoms with Crippen LogP contribution in [0.5, 0.6) is 0 Å². The Balaban J connectivity index is 1.94. The monoisotopic (exact) mass is 389 g/mol. The highest BCUT2D eigenvalue weighted by Crippen LogP contribution is 2.25. The van der Waals surface area contributed by atoms with Crippen LogP contribution >= 0.6 is 11.3 Å². The summed E-state index contributed by atoms with van der Waals surface area (Å²) in [5.41, 5.74) is 0.437. The molecular weight excluding hydrogens is 366 g/mol. The van der Waals surface area contributed by atoms with E-state index in [2.05, 4.69) is 10.3 Å². The molecule has 0 saturated carbocycles. The number of piperidine rings is 1. The molecule has 1 atom stereocenters. The van der Waals surface area contributed by atoms with Crippen molar-refractivity contribution in [3.8, 4) is 0 Å². The van der Waals surface area contributed by atoms with Crippen LogP contribution in [0.4, 0.5) is 0 Å². The smallest absolute Gasteiger partial charge is 0.347 e. The number of carbonyl (C=O) groups is 2. The van der Waals surface area contributed by atoms with Gasteiger partial charge in [0.25, 0.3) is 0 Å². The summed E-state index contributed by atoms with van der Waals surface area (Å²) in [6, 6.07) is -0.387. The molecule has 1 aromatic heterocycles. The molecule has 1 saturated heterocycles. The Labute approximate surface area is 151 Å². The number of rotatable bonds is 6. The van der Waals surface area contributed by atoms with Gasteiger partial charge in [0, 0.05) is 19.0 Å². The number of nitrogens with one attached hydrogen (secondary N) is 1. The fourth-order valence-electron chi connectivity index (χ4n) is 2.77. The van der Waals surface area contributed by atoms with E-state index in [9.17, 15) is 18.0 Å². The second-order valence-electron chi connectivity index (χ2n) is 6.08. The Morgan fingerprint density at radius 2 is 2.00 bits per heavy atom. The van der Waals surface area contributed by atoms with Crippen LogP contribution in [0.1, 0.15) is 53.1 Å². The molecular formula is C15H23N3O5S2. The molecule has 2 N–H and O–H groups in total. The first kappa shape index (κ1) is 19.8. The molecule has 140 valence electrons. The third-order valence-electron chi connectivity index (χ3n) is 4.32. The average Bonchev–Trinajstić information content (AvgIpc) is 2.97. The molecule has 1 amide bonds. The van der Waals surface area contributed by atoms with Crippen LogP contribution in [0.25, 0.3) is 0 Å². The predicted octanol–water partition coefficient (Wildman–Crippen LogP) is 1.39. The van der Waals surface area contributed by atoms with Gasteiger partial charge in [-0.05, 0) is 33.6 Å². The number of aryl methyl sites for hydroxylation is 1. The molecule has 2 rings (SSSR count). The van der Waals surface area contributed by atoms with Crippen LogP contribution in [0, 0.1) is 12.8 Å². The van der Waals surface area contributed by atoms with Crippen molar-refractivity contribution in [1.82, 2.24) is 14.6 Å². The van der Waals surface area contributed by atoms with E-state index in [1.807, 2.05) is 0 Å². The fraction of sp³-hybridized carbons (Fsp3) is 0.667. The molecule has 1 fully saturated rings. The highest BCUT2D eigenvalue weighted by atomic mass is 32.2. The quantitative estimate of drug-likeness (QED) is 0.759. The van der Waals surface area contributed by atoms with Crippen molar-refractivity contribution in [2.75, 3.05) is 18.8 Å². The zero-order valence-electron chi connectivity index (χ0n) is 14.5. The van der Waals surface area contributed by atoms with Crippen LogP contribution in [0.2, 0.25) is 0 Å². The van der Waals surface area contributed by atoms with Crippen LogP contribution < -0.4 is 5.32 Å². The number of nitrogens with zero attached hydrogens (tertiary/aromatic N) is 2. The SMILES string of the molecule is CCS(=O)(=O)N1CCC(C(=O)NC(C)c2nc(C)c(C(=O)O)s2)CC1. The first-order chi connectivity index (χ1) is 11.7. The van der Waals surface area contributed by atoms with E-state index < -0.39 is 16.0 Å². The summed E-state index contributed by atoms with van der Waals surface area (Å²) >= 11 is 1.06. The molecule has 1 aliphatic rings. The Morgan fingerprint density at radius 3 is 2.48 bits per heavy atom. The largest absolute Gasteiger partial charge is 0.477 e. The van der Waals surface area contributed by atoms with Gasteiger partial charge in [-0.2, -0.15) is 0 Å². The summed E-state index contributed by atoms with van der Waals surface area (Å²) in [6.07, 6.45) is 0.962. The van der Waals surface area contributed by atoms with Crippen molar-refractivity contribution in [3.05, 3.63) is 15.6 Å². The standard InChI is InChI=1S/C15H23N3O5S2/c1-4-25(22,23)18-7-5-11(6-8-18)13(19)16-10(3)14-17-9(2)12(24-14)15(20)21/h10-11H,4-8H2,1-3H3,(H,16,19)(H,20,21). The molecule has 0 spiro atoms. The number of sulfonamides is 1. The summed E-state index contributed by atoms with van der Waals surface area (Å²) in [5, 5.41) is 12.5. The van der Waals surface area contributed by atoms with Gasteiger partial charge in [-0.25, -0.2) is 22.5 Å². The maximum absolute atomic E-state index is 12.4. The minimum absolute atomic E-state index is 0.0657. The Hall–Kier alpha value is -1.52. The number of aromatic carboxylic acids is 1. The summed E-state index contributed by atoms with van der Waals surface area (Å²) < 4.78 is 25.1. The number of hydrogen-bond acceptors (Lipinski definition) is 6. The van der Waals surface area contributed by atoms with Gasteiger partial charge in [0.05, 0.1) is 17.5 Å². The van der Waals surface area contributed by atoms with Gasteiger partial charge >= 0.3 is 5.97 Å². The Kier molecular flexibility index (Phi) is 6.17. The molecule has 1 aromatic rings. The minimum atomic E-state index is -3.21. The Morgan fingerprint density at radius 1 is 1.40 bits per heavy atom. The van der Waals surface area contributed by atoms with E-state index in [0.29, 0.717) is 36.6 Å². The lowest BCUT2D eigenvalue weighted by molar-refractivity contribution is -0.126. The van der Waals surface area contributed by atoms with Gasteiger partial charge in [-0.3, -0.25) is 4.79 Å². The lowest BCUT2D eigenvalue weighted by Crippen LogP contribution is -2.43. The van der Waals surface area contributed by atoms with Crippen LogP contribution in [-0.4, -0.2) is 53.5 Å². The van der Waals surface area contributed by atoms with Crippen LogP contribution in [0.3, 0.4) is 0 Å². The fourth-order valence-corrected chi connectivity index (χ4v) is 4.81. The van der Waals surface area contributed by atoms with Crippen molar-refractivity contribution in [1.29, 1.82) is 0 Å². The van der Waals surface area contributed by atoms with Crippen molar-refractivity contribution in [2.45, 2.75) is 39.7 Å². The van der Waals surface area contributed by atoms with E-state index in [-0.39, 0.29) is 28.5 Å².